The summed E-state index contributed by atoms with van der Waals surface area (Å²) in [7, 11) is 5.67. The van der Waals surface area contributed by atoms with E-state index in [4.69, 9.17) is 12.7 Å². The van der Waals surface area contributed by atoms with Crippen LogP contribution in [0.2, 0.25) is 0 Å². The van der Waals surface area contributed by atoms with Gasteiger partial charge in [-0.3, -0.25) is 0 Å². The van der Waals surface area contributed by atoms with Crippen LogP contribution >= 0.6 is 8.25 Å². The zero-order valence-corrected chi connectivity index (χ0v) is 10.7. The first-order valence-corrected chi connectivity index (χ1v) is 13.2. The number of rotatable bonds is 2. The van der Waals surface area contributed by atoms with Gasteiger partial charge in [-0.1, -0.05) is 0 Å². The summed E-state index contributed by atoms with van der Waals surface area (Å²) in [6, 6.07) is 1.97. The molecular weight excluding hydrogens is 312 g/mol. The van der Waals surface area contributed by atoms with Gasteiger partial charge >= 0.3 is 64.1 Å². The molecule has 0 saturated carbocycles. The molecule has 0 aliphatic heterocycles. The molecule has 1 aromatic rings. The van der Waals surface area contributed by atoms with Crippen molar-refractivity contribution in [2.45, 2.75) is 3.93 Å². The molecule has 1 aromatic heterocycles. The molecule has 0 bridgehead atoms. The summed E-state index contributed by atoms with van der Waals surface area (Å²) >= 11 is -0.948. The third-order valence-corrected chi connectivity index (χ3v) is 5.60. The number of hydrogen-bond acceptors (Lipinski definition) is 1. The summed E-state index contributed by atoms with van der Waals surface area (Å²) in [4.78, 5) is 0. The van der Waals surface area contributed by atoms with Crippen LogP contribution in [0.15, 0.2) is 23.0 Å². The van der Waals surface area contributed by atoms with Crippen LogP contribution in [0.1, 0.15) is 5.56 Å². The van der Waals surface area contributed by atoms with Gasteiger partial charge in [0.15, 0.2) is 0 Å². The first-order valence-electron chi connectivity index (χ1n) is 2.50. The van der Waals surface area contributed by atoms with Crippen molar-refractivity contribution in [1.29, 1.82) is 0 Å². The van der Waals surface area contributed by atoms with Crippen molar-refractivity contribution in [1.82, 2.24) is 0 Å². The molecule has 0 amide bonds. The van der Waals surface area contributed by atoms with Crippen molar-refractivity contribution in [3.05, 3.63) is 24.2 Å². The van der Waals surface area contributed by atoms with E-state index in [0.717, 1.165) is 3.93 Å². The summed E-state index contributed by atoms with van der Waals surface area (Å²) in [6.07, 6.45) is 3.46. The Kier molecular flexibility index (Phi) is 2.91. The van der Waals surface area contributed by atoms with Gasteiger partial charge in [-0.25, -0.2) is 0 Å². The molecule has 1 rings (SSSR count). The van der Waals surface area contributed by atoms with E-state index in [-0.39, 0.29) is 0 Å². The second-order valence-corrected chi connectivity index (χ2v) is 8.30. The van der Waals surface area contributed by atoms with E-state index in [9.17, 15) is 0 Å². The van der Waals surface area contributed by atoms with Crippen molar-refractivity contribution in [2.24, 2.45) is 0 Å². The third kappa shape index (κ3) is 1.79. The van der Waals surface area contributed by atoms with E-state index in [1.165, 1.54) is 5.56 Å². The molecule has 1 nitrogen and oxygen atoms in total. The number of halogens is 1. The monoisotopic (exact) mass is 318 g/mol. The molecule has 0 saturated heterocycles. The first-order chi connectivity index (χ1) is 3.93. The van der Waals surface area contributed by atoms with Gasteiger partial charge in [-0.05, 0) is 0 Å². The normalized spacial score (nSPS) is 8.62. The Hall–Kier alpha value is 0.505. The third-order valence-electron chi connectivity index (χ3n) is 0.963. The number of furan rings is 1. The van der Waals surface area contributed by atoms with E-state index in [1.54, 1.807) is 12.5 Å². The van der Waals surface area contributed by atoms with E-state index in [0.29, 0.717) is 0 Å². The molecule has 40 valence electrons. The van der Waals surface area contributed by atoms with Crippen molar-refractivity contribution in [3.63, 3.8) is 0 Å². The topological polar surface area (TPSA) is 13.1 Å². The Morgan fingerprint density at radius 1 is 1.75 bits per heavy atom. The van der Waals surface area contributed by atoms with Gasteiger partial charge in [0, 0.05) is 0 Å². The van der Waals surface area contributed by atoms with Gasteiger partial charge in [-0.15, -0.1) is 0 Å². The minimum absolute atomic E-state index is 0.948. The number of hydrogen-bond donors (Lipinski definition) is 0. The molecule has 8 heavy (non-hydrogen) atoms. The Morgan fingerprint density at radius 3 is 3.12 bits per heavy atom. The zero-order chi connectivity index (χ0) is 5.82. The van der Waals surface area contributed by atoms with Gasteiger partial charge in [0.2, 0.25) is 0 Å². The van der Waals surface area contributed by atoms with Crippen LogP contribution in [0, 0.1) is 0 Å². The minimum atomic E-state index is -0.948. The van der Waals surface area contributed by atoms with Gasteiger partial charge in [-0.2, -0.15) is 0 Å². The van der Waals surface area contributed by atoms with Crippen LogP contribution in [0.5, 0.6) is 0 Å². The molecule has 0 atom stereocenters. The van der Waals surface area contributed by atoms with E-state index < -0.39 is 23.3 Å². The molecular formula is C5H5ClHgO. The molecule has 1 heterocycles. The van der Waals surface area contributed by atoms with Crippen molar-refractivity contribution in [2.75, 3.05) is 0 Å². The zero-order valence-electron chi connectivity index (χ0n) is 4.43. The summed E-state index contributed by atoms with van der Waals surface area (Å²) < 4.78 is 5.97. The standard InChI is InChI=1S/C5H5O.ClH.Hg/c1-5-2-3-6-4-5;;/h2-4H,1H2;1H;/q;;+1/p-1. The van der Waals surface area contributed by atoms with Crippen LogP contribution in [0.25, 0.3) is 0 Å². The fraction of sp³-hybridized carbons (Fsp3) is 0.200. The Morgan fingerprint density at radius 2 is 2.62 bits per heavy atom. The second kappa shape index (κ2) is 3.52. The Labute approximate surface area is 63.9 Å². The molecule has 0 fully saturated rings. The summed E-state index contributed by atoms with van der Waals surface area (Å²) in [5, 5.41) is 0. The average Bonchev–Trinajstić information content (AvgIpc) is 2.19. The molecule has 0 aliphatic rings. The van der Waals surface area contributed by atoms with Crippen molar-refractivity contribution < 1.29 is 27.8 Å². The fourth-order valence-electron chi connectivity index (χ4n) is 0.544. The van der Waals surface area contributed by atoms with Crippen LogP contribution in [-0.4, -0.2) is 0 Å². The van der Waals surface area contributed by atoms with Gasteiger partial charge < -0.3 is 0 Å². The van der Waals surface area contributed by atoms with Gasteiger partial charge in [0.1, 0.15) is 0 Å². The van der Waals surface area contributed by atoms with E-state index in [1.807, 2.05) is 6.07 Å². The van der Waals surface area contributed by atoms with E-state index in [2.05, 4.69) is 0 Å². The predicted octanol–water partition coefficient (Wildman–Crippen LogP) is 2.02. The van der Waals surface area contributed by atoms with Gasteiger partial charge in [0.05, 0.1) is 0 Å². The predicted molar refractivity (Wildman–Crippen MR) is 28.3 cm³/mol. The Balaban J connectivity index is 2.50. The van der Waals surface area contributed by atoms with Crippen LogP contribution in [0.4, 0.5) is 0 Å². The molecule has 0 aromatic carbocycles. The van der Waals surface area contributed by atoms with Crippen LogP contribution < -0.4 is 0 Å². The fourth-order valence-corrected chi connectivity index (χ4v) is 4.41. The molecule has 3 heteroatoms. The van der Waals surface area contributed by atoms with Gasteiger partial charge in [0.25, 0.3) is 0 Å². The molecule has 0 N–H and O–H groups in total. The molecule has 0 spiro atoms. The Bertz CT molecular complexity index is 138. The van der Waals surface area contributed by atoms with Crippen LogP contribution in [-0.2, 0) is 27.3 Å². The maximum atomic E-state index is 5.67. The summed E-state index contributed by atoms with van der Waals surface area (Å²) in [6.45, 7) is 0. The quantitative estimate of drug-likeness (QED) is 0.761. The summed E-state index contributed by atoms with van der Waals surface area (Å²) in [5.41, 5.74) is 1.27. The van der Waals surface area contributed by atoms with Crippen molar-refractivity contribution in [3.8, 4) is 0 Å². The molecule has 0 aliphatic carbocycles. The maximum absolute atomic E-state index is 5.67. The average molecular weight is 317 g/mol. The first kappa shape index (κ1) is 6.62. The SMILES string of the molecule is [Cl][Hg][CH2]c1ccoc1. The van der Waals surface area contributed by atoms with E-state index >= 15 is 0 Å². The summed E-state index contributed by atoms with van der Waals surface area (Å²) in [5.74, 6) is 0. The van der Waals surface area contributed by atoms with Crippen LogP contribution in [0.3, 0.4) is 0 Å². The molecule has 0 radical (unpaired) electrons. The second-order valence-electron chi connectivity index (χ2n) is 1.57. The molecule has 0 unspecified atom stereocenters. The van der Waals surface area contributed by atoms with Crippen molar-refractivity contribution >= 4 is 8.25 Å².